The Morgan fingerprint density at radius 2 is 1.90 bits per heavy atom. The van der Waals surface area contributed by atoms with Gasteiger partial charge in [0, 0.05) is 25.4 Å². The van der Waals surface area contributed by atoms with Gasteiger partial charge in [-0.1, -0.05) is 23.9 Å². The number of imidazole rings is 1. The number of carbonyl (C=O) groups excluding carboxylic acids is 1. The molecule has 0 saturated carbocycles. The molecule has 0 aliphatic carbocycles. The molecule has 3 aromatic rings. The van der Waals surface area contributed by atoms with Crippen LogP contribution in [0.3, 0.4) is 0 Å². The van der Waals surface area contributed by atoms with Gasteiger partial charge >= 0.3 is 0 Å². The first-order chi connectivity index (χ1) is 14.1. The van der Waals surface area contributed by atoms with E-state index in [-0.39, 0.29) is 11.2 Å². The van der Waals surface area contributed by atoms with Crippen molar-refractivity contribution < 1.29 is 19.0 Å². The fourth-order valence-electron chi connectivity index (χ4n) is 2.91. The van der Waals surface area contributed by atoms with Crippen LogP contribution in [0.1, 0.15) is 6.92 Å². The minimum atomic E-state index is -0.346. The zero-order chi connectivity index (χ0) is 20.8. The molecule has 1 amide bonds. The van der Waals surface area contributed by atoms with Crippen LogP contribution >= 0.6 is 11.8 Å². The maximum absolute atomic E-state index is 12.7. The van der Waals surface area contributed by atoms with Crippen molar-refractivity contribution >= 4 is 34.4 Å². The lowest BCUT2D eigenvalue weighted by Crippen LogP contribution is -2.23. The number of hydrogen-bond acceptors (Lipinski definition) is 6. The first-order valence-electron chi connectivity index (χ1n) is 9.21. The smallest absolute Gasteiger partial charge is 0.237 e. The van der Waals surface area contributed by atoms with Crippen LogP contribution in [0.5, 0.6) is 11.5 Å². The second kappa shape index (κ2) is 9.67. The molecule has 1 aromatic heterocycles. The molecule has 0 bridgehead atoms. The number of anilines is 1. The predicted molar refractivity (Wildman–Crippen MR) is 115 cm³/mol. The zero-order valence-corrected chi connectivity index (χ0v) is 17.8. The van der Waals surface area contributed by atoms with E-state index in [0.29, 0.717) is 30.3 Å². The number of nitrogens with zero attached hydrogens (tertiary/aromatic N) is 2. The number of rotatable bonds is 9. The zero-order valence-electron chi connectivity index (χ0n) is 17.0. The highest BCUT2D eigenvalue weighted by Crippen LogP contribution is 2.31. The van der Waals surface area contributed by atoms with Gasteiger partial charge in [0.15, 0.2) is 16.7 Å². The molecule has 0 radical (unpaired) electrons. The molecule has 29 heavy (non-hydrogen) atoms. The van der Waals surface area contributed by atoms with Crippen LogP contribution in [0.4, 0.5) is 5.69 Å². The third-order valence-electron chi connectivity index (χ3n) is 4.44. The van der Waals surface area contributed by atoms with E-state index in [1.165, 1.54) is 11.8 Å². The molecular weight excluding hydrogens is 390 g/mol. The van der Waals surface area contributed by atoms with E-state index in [4.69, 9.17) is 19.2 Å². The van der Waals surface area contributed by atoms with E-state index in [0.717, 1.165) is 16.2 Å². The Morgan fingerprint density at radius 1 is 1.14 bits per heavy atom. The molecule has 7 nitrogen and oxygen atoms in total. The summed E-state index contributed by atoms with van der Waals surface area (Å²) in [5, 5.41) is 3.37. The number of aromatic nitrogens is 2. The number of amides is 1. The van der Waals surface area contributed by atoms with Gasteiger partial charge in [-0.15, -0.1) is 0 Å². The Morgan fingerprint density at radius 3 is 2.62 bits per heavy atom. The van der Waals surface area contributed by atoms with Gasteiger partial charge in [0.1, 0.15) is 0 Å². The number of benzene rings is 2. The van der Waals surface area contributed by atoms with Crippen molar-refractivity contribution in [1.82, 2.24) is 9.55 Å². The molecule has 0 fully saturated rings. The number of carbonyl (C=O) groups is 1. The number of fused-ring (bicyclic) bond motifs is 1. The highest BCUT2D eigenvalue weighted by molar-refractivity contribution is 8.00. The molecule has 154 valence electrons. The summed E-state index contributed by atoms with van der Waals surface area (Å²) in [5.41, 5.74) is 2.58. The first kappa shape index (κ1) is 21.0. The second-order valence-corrected chi connectivity index (χ2v) is 7.65. The minimum absolute atomic E-state index is 0.118. The van der Waals surface area contributed by atoms with Gasteiger partial charge in [-0.25, -0.2) is 4.98 Å². The van der Waals surface area contributed by atoms with Crippen molar-refractivity contribution in [2.45, 2.75) is 23.9 Å². The van der Waals surface area contributed by atoms with Gasteiger partial charge in [0.2, 0.25) is 5.91 Å². The van der Waals surface area contributed by atoms with Gasteiger partial charge in [-0.05, 0) is 31.2 Å². The lowest BCUT2D eigenvalue weighted by Gasteiger charge is -2.14. The maximum Gasteiger partial charge on any atom is 0.237 e. The Labute approximate surface area is 174 Å². The van der Waals surface area contributed by atoms with Crippen LogP contribution in [0.2, 0.25) is 0 Å². The lowest BCUT2D eigenvalue weighted by molar-refractivity contribution is -0.115. The Balaban J connectivity index is 1.76. The monoisotopic (exact) mass is 415 g/mol. The van der Waals surface area contributed by atoms with Crippen LogP contribution in [-0.2, 0) is 16.1 Å². The number of methoxy groups -OCH3 is 3. The highest BCUT2D eigenvalue weighted by atomic mass is 32.2. The molecule has 1 unspecified atom stereocenters. The summed E-state index contributed by atoms with van der Waals surface area (Å²) in [6, 6.07) is 13.2. The van der Waals surface area contributed by atoms with E-state index < -0.39 is 0 Å². The molecule has 2 aromatic carbocycles. The average molecular weight is 416 g/mol. The molecule has 0 aliphatic heterocycles. The summed E-state index contributed by atoms with van der Waals surface area (Å²) in [4.78, 5) is 17.4. The molecule has 1 heterocycles. The van der Waals surface area contributed by atoms with Gasteiger partial charge in [0.05, 0.1) is 37.1 Å². The van der Waals surface area contributed by atoms with E-state index in [9.17, 15) is 4.79 Å². The van der Waals surface area contributed by atoms with E-state index in [1.54, 1.807) is 39.5 Å². The van der Waals surface area contributed by atoms with E-state index in [1.807, 2.05) is 31.2 Å². The van der Waals surface area contributed by atoms with Crippen LogP contribution in [0.15, 0.2) is 47.6 Å². The maximum atomic E-state index is 12.7. The van der Waals surface area contributed by atoms with Crippen molar-refractivity contribution in [2.75, 3.05) is 33.3 Å². The van der Waals surface area contributed by atoms with Crippen molar-refractivity contribution in [2.24, 2.45) is 0 Å². The summed E-state index contributed by atoms with van der Waals surface area (Å²) in [6.45, 7) is 3.10. The molecule has 0 spiro atoms. The van der Waals surface area contributed by atoms with Crippen molar-refractivity contribution in [1.29, 1.82) is 0 Å². The first-order valence-corrected chi connectivity index (χ1v) is 10.1. The number of hydrogen-bond donors (Lipinski definition) is 1. The van der Waals surface area contributed by atoms with Crippen molar-refractivity contribution in [3.8, 4) is 11.5 Å². The Kier molecular flexibility index (Phi) is 7.00. The second-order valence-electron chi connectivity index (χ2n) is 6.35. The van der Waals surface area contributed by atoms with Gasteiger partial charge in [-0.3, -0.25) is 4.79 Å². The predicted octanol–water partition coefficient (Wildman–Crippen LogP) is 3.82. The normalized spacial score (nSPS) is 12.0. The summed E-state index contributed by atoms with van der Waals surface area (Å²) in [7, 11) is 4.81. The number of para-hydroxylation sites is 2. The minimum Gasteiger partial charge on any atom is -0.493 e. The van der Waals surface area contributed by atoms with Crippen molar-refractivity contribution in [3.63, 3.8) is 0 Å². The molecule has 8 heteroatoms. The summed E-state index contributed by atoms with van der Waals surface area (Å²) < 4.78 is 17.8. The van der Waals surface area contributed by atoms with E-state index in [2.05, 4.69) is 9.88 Å². The summed E-state index contributed by atoms with van der Waals surface area (Å²) in [5.74, 6) is 1.05. The fraction of sp³-hybridized carbons (Fsp3) is 0.333. The number of nitrogens with one attached hydrogen (secondary N) is 1. The van der Waals surface area contributed by atoms with E-state index >= 15 is 0 Å². The third kappa shape index (κ3) is 4.83. The van der Waals surface area contributed by atoms with Crippen LogP contribution < -0.4 is 14.8 Å². The lowest BCUT2D eigenvalue weighted by atomic mass is 10.2. The van der Waals surface area contributed by atoms with Crippen molar-refractivity contribution in [3.05, 3.63) is 42.5 Å². The summed E-state index contributed by atoms with van der Waals surface area (Å²) >= 11 is 1.42. The van der Waals surface area contributed by atoms with Gasteiger partial charge in [0.25, 0.3) is 0 Å². The standard InChI is InChI=1S/C21H25N3O4S/c1-14(20(25)22-15-9-10-18(27-3)19(13-15)28-4)29-21-23-16-7-5-6-8-17(16)24(21)11-12-26-2/h5-10,13-14H,11-12H2,1-4H3,(H,22,25). The quantitative estimate of drug-likeness (QED) is 0.536. The number of thioether (sulfide) groups is 1. The Hall–Kier alpha value is -2.71. The van der Waals surface area contributed by atoms with Crippen LogP contribution in [0.25, 0.3) is 11.0 Å². The Bertz CT molecular complexity index is 989. The van der Waals surface area contributed by atoms with Gasteiger partial charge in [-0.2, -0.15) is 0 Å². The van der Waals surface area contributed by atoms with Crippen LogP contribution in [-0.4, -0.2) is 48.6 Å². The average Bonchev–Trinajstić information content (AvgIpc) is 3.08. The number of ether oxygens (including phenoxy) is 3. The molecule has 0 saturated heterocycles. The fourth-order valence-corrected chi connectivity index (χ4v) is 3.86. The highest BCUT2D eigenvalue weighted by Gasteiger charge is 2.20. The molecule has 0 aliphatic rings. The molecular formula is C21H25N3O4S. The van der Waals surface area contributed by atoms with Gasteiger partial charge < -0.3 is 24.1 Å². The van der Waals surface area contributed by atoms with Crippen LogP contribution in [0, 0.1) is 0 Å². The topological polar surface area (TPSA) is 74.6 Å². The molecule has 3 rings (SSSR count). The molecule has 1 N–H and O–H groups in total. The largest absolute Gasteiger partial charge is 0.493 e. The third-order valence-corrected chi connectivity index (χ3v) is 5.53. The SMILES string of the molecule is COCCn1c(SC(C)C(=O)Nc2ccc(OC)c(OC)c2)nc2ccccc21. The summed E-state index contributed by atoms with van der Waals surface area (Å²) in [6.07, 6.45) is 0. The molecule has 1 atom stereocenters.